The number of hydrogen-bond acceptors (Lipinski definition) is 5. The Morgan fingerprint density at radius 2 is 2.05 bits per heavy atom. The van der Waals surface area contributed by atoms with Crippen molar-refractivity contribution in [3.8, 4) is 0 Å². The van der Waals surface area contributed by atoms with Crippen LogP contribution in [0.3, 0.4) is 0 Å². The van der Waals surface area contributed by atoms with Crippen LogP contribution in [0.2, 0.25) is 0 Å². The minimum Gasteiger partial charge on any atom is -0.451 e. The van der Waals surface area contributed by atoms with Gasteiger partial charge in [0.05, 0.1) is 0 Å². The Morgan fingerprint density at radius 3 is 2.77 bits per heavy atom. The van der Waals surface area contributed by atoms with E-state index in [1.165, 1.54) is 5.56 Å². The van der Waals surface area contributed by atoms with E-state index in [-0.39, 0.29) is 11.7 Å². The second kappa shape index (κ2) is 5.63. The number of aryl methyl sites for hydroxylation is 3. The molecule has 1 aromatic carbocycles. The number of furan rings is 1. The number of hydrogen-bond donors (Lipinski definition) is 1. The fraction of sp³-hybridized carbons (Fsp3) is 0.312. The van der Waals surface area contributed by atoms with E-state index < -0.39 is 0 Å². The zero-order valence-corrected chi connectivity index (χ0v) is 12.8. The molecule has 3 rings (SSSR count). The molecular weight excluding hydrogens is 282 g/mol. The van der Waals surface area contributed by atoms with Crippen molar-refractivity contribution in [1.29, 1.82) is 0 Å². The van der Waals surface area contributed by atoms with Gasteiger partial charge in [0, 0.05) is 10.9 Å². The Labute approximate surface area is 127 Å². The van der Waals surface area contributed by atoms with E-state index in [2.05, 4.69) is 33.2 Å². The molecule has 6 nitrogen and oxygen atoms in total. The van der Waals surface area contributed by atoms with Crippen molar-refractivity contribution in [3.63, 3.8) is 0 Å². The molecule has 0 atom stereocenters. The molecule has 2 aromatic heterocycles. The summed E-state index contributed by atoms with van der Waals surface area (Å²) in [5.41, 5.74) is 3.33. The summed E-state index contributed by atoms with van der Waals surface area (Å²) in [6, 6.07) is 5.96. The summed E-state index contributed by atoms with van der Waals surface area (Å²) in [5, 5.41) is 11.1. The standard InChI is InChI=1S/C16H17N3O3/c1-4-10-6-7-13-11(8-10)9(3)14(21-13)16(20)17-15-12(5-2)18-22-19-15/h6-8H,4-5H2,1-3H3,(H,17,19,20). The Balaban J connectivity index is 1.95. The predicted molar refractivity (Wildman–Crippen MR) is 82.0 cm³/mol. The first-order valence-corrected chi connectivity index (χ1v) is 7.28. The lowest BCUT2D eigenvalue weighted by Crippen LogP contribution is -2.13. The SMILES string of the molecule is CCc1ccc2oc(C(=O)Nc3nonc3CC)c(C)c2c1. The van der Waals surface area contributed by atoms with Crippen LogP contribution >= 0.6 is 0 Å². The molecule has 114 valence electrons. The third kappa shape index (κ3) is 2.36. The van der Waals surface area contributed by atoms with E-state index in [1.54, 1.807) is 0 Å². The molecule has 0 unspecified atom stereocenters. The van der Waals surface area contributed by atoms with Crippen molar-refractivity contribution in [3.05, 3.63) is 40.8 Å². The van der Waals surface area contributed by atoms with Gasteiger partial charge in [0.15, 0.2) is 5.76 Å². The first kappa shape index (κ1) is 14.3. The van der Waals surface area contributed by atoms with Crippen LogP contribution in [0.15, 0.2) is 27.2 Å². The third-order valence-corrected chi connectivity index (χ3v) is 3.74. The Morgan fingerprint density at radius 1 is 1.23 bits per heavy atom. The molecule has 0 aliphatic heterocycles. The van der Waals surface area contributed by atoms with Crippen LogP contribution in [0.4, 0.5) is 5.82 Å². The zero-order chi connectivity index (χ0) is 15.7. The van der Waals surface area contributed by atoms with Crippen LogP contribution in [-0.2, 0) is 12.8 Å². The molecule has 0 saturated carbocycles. The number of nitrogens with zero attached hydrogens (tertiary/aromatic N) is 2. The van der Waals surface area contributed by atoms with Gasteiger partial charge in [-0.05, 0) is 42.6 Å². The normalized spacial score (nSPS) is 11.0. The van der Waals surface area contributed by atoms with Crippen LogP contribution in [0, 0.1) is 6.92 Å². The van der Waals surface area contributed by atoms with Crippen molar-refractivity contribution in [2.24, 2.45) is 0 Å². The van der Waals surface area contributed by atoms with E-state index in [0.29, 0.717) is 23.5 Å². The van der Waals surface area contributed by atoms with Gasteiger partial charge in [0.25, 0.3) is 5.91 Å². The van der Waals surface area contributed by atoms with Crippen LogP contribution in [0.5, 0.6) is 0 Å². The molecule has 6 heteroatoms. The number of carbonyl (C=O) groups excluding carboxylic acids is 1. The quantitative estimate of drug-likeness (QED) is 0.797. The smallest absolute Gasteiger partial charge is 0.292 e. The summed E-state index contributed by atoms with van der Waals surface area (Å²) in [6.45, 7) is 5.88. The molecule has 22 heavy (non-hydrogen) atoms. The number of fused-ring (bicyclic) bond motifs is 1. The molecule has 0 saturated heterocycles. The molecule has 0 spiro atoms. The van der Waals surface area contributed by atoms with E-state index >= 15 is 0 Å². The highest BCUT2D eigenvalue weighted by Crippen LogP contribution is 2.27. The van der Waals surface area contributed by atoms with Crippen LogP contribution in [0.25, 0.3) is 11.0 Å². The molecule has 0 aliphatic carbocycles. The van der Waals surface area contributed by atoms with Gasteiger partial charge in [-0.3, -0.25) is 10.1 Å². The largest absolute Gasteiger partial charge is 0.451 e. The molecule has 3 aromatic rings. The van der Waals surface area contributed by atoms with Gasteiger partial charge in [-0.1, -0.05) is 25.1 Å². The summed E-state index contributed by atoms with van der Waals surface area (Å²) in [5.74, 6) is 0.270. The Kier molecular flexibility index (Phi) is 3.66. The highest BCUT2D eigenvalue weighted by Gasteiger charge is 2.20. The molecule has 0 radical (unpaired) electrons. The second-order valence-corrected chi connectivity index (χ2v) is 5.11. The molecule has 2 heterocycles. The number of nitrogens with one attached hydrogen (secondary N) is 1. The molecular formula is C16H17N3O3. The van der Waals surface area contributed by atoms with Crippen LogP contribution in [0.1, 0.15) is 41.2 Å². The first-order valence-electron chi connectivity index (χ1n) is 7.28. The highest BCUT2D eigenvalue weighted by molar-refractivity contribution is 6.06. The summed E-state index contributed by atoms with van der Waals surface area (Å²) in [7, 11) is 0. The average molecular weight is 299 g/mol. The fourth-order valence-corrected chi connectivity index (χ4v) is 2.40. The van der Waals surface area contributed by atoms with Crippen molar-refractivity contribution in [1.82, 2.24) is 10.3 Å². The number of carbonyl (C=O) groups is 1. The summed E-state index contributed by atoms with van der Waals surface area (Å²) >= 11 is 0. The molecule has 0 fully saturated rings. The summed E-state index contributed by atoms with van der Waals surface area (Å²) < 4.78 is 10.3. The molecule has 0 bridgehead atoms. The average Bonchev–Trinajstić information content (AvgIpc) is 3.11. The number of benzene rings is 1. The van der Waals surface area contributed by atoms with Crippen molar-refractivity contribution < 1.29 is 13.8 Å². The lowest BCUT2D eigenvalue weighted by Gasteiger charge is -2.00. The van der Waals surface area contributed by atoms with Gasteiger partial charge in [0.2, 0.25) is 5.82 Å². The third-order valence-electron chi connectivity index (χ3n) is 3.74. The lowest BCUT2D eigenvalue weighted by atomic mass is 10.1. The number of amides is 1. The number of anilines is 1. The maximum Gasteiger partial charge on any atom is 0.292 e. The predicted octanol–water partition coefficient (Wildman–Crippen LogP) is 3.50. The minimum atomic E-state index is -0.350. The van der Waals surface area contributed by atoms with Gasteiger partial charge < -0.3 is 4.42 Å². The second-order valence-electron chi connectivity index (χ2n) is 5.11. The summed E-state index contributed by atoms with van der Waals surface area (Å²) in [6.07, 6.45) is 1.56. The molecule has 1 N–H and O–H groups in total. The zero-order valence-electron chi connectivity index (χ0n) is 12.8. The maximum atomic E-state index is 12.4. The molecule has 1 amide bonds. The first-order chi connectivity index (χ1) is 10.6. The van der Waals surface area contributed by atoms with Gasteiger partial charge in [-0.15, -0.1) is 0 Å². The Bertz CT molecular complexity index is 832. The highest BCUT2D eigenvalue weighted by atomic mass is 16.6. The van der Waals surface area contributed by atoms with Crippen molar-refractivity contribution in [2.75, 3.05) is 5.32 Å². The number of rotatable bonds is 4. The van der Waals surface area contributed by atoms with Crippen molar-refractivity contribution >= 4 is 22.7 Å². The van der Waals surface area contributed by atoms with Crippen LogP contribution in [-0.4, -0.2) is 16.2 Å². The summed E-state index contributed by atoms with van der Waals surface area (Å²) in [4.78, 5) is 12.4. The number of aromatic nitrogens is 2. The fourth-order valence-electron chi connectivity index (χ4n) is 2.40. The van der Waals surface area contributed by atoms with E-state index in [0.717, 1.165) is 17.4 Å². The topological polar surface area (TPSA) is 81.2 Å². The van der Waals surface area contributed by atoms with Gasteiger partial charge in [-0.25, -0.2) is 4.63 Å². The lowest BCUT2D eigenvalue weighted by molar-refractivity contribution is 0.0997. The van der Waals surface area contributed by atoms with E-state index in [9.17, 15) is 4.79 Å². The molecule has 0 aliphatic rings. The van der Waals surface area contributed by atoms with E-state index in [1.807, 2.05) is 26.0 Å². The van der Waals surface area contributed by atoms with E-state index in [4.69, 9.17) is 4.42 Å². The van der Waals surface area contributed by atoms with Crippen molar-refractivity contribution in [2.45, 2.75) is 33.6 Å². The Hall–Kier alpha value is -2.63. The maximum absolute atomic E-state index is 12.4. The minimum absolute atomic E-state index is 0.285. The van der Waals surface area contributed by atoms with Gasteiger partial charge in [-0.2, -0.15) is 0 Å². The van der Waals surface area contributed by atoms with Gasteiger partial charge >= 0.3 is 0 Å². The van der Waals surface area contributed by atoms with Gasteiger partial charge in [0.1, 0.15) is 11.3 Å². The van der Waals surface area contributed by atoms with Crippen LogP contribution < -0.4 is 5.32 Å². The monoisotopic (exact) mass is 299 g/mol.